The second kappa shape index (κ2) is 35.8. The van der Waals surface area contributed by atoms with Crippen LogP contribution in [0.3, 0.4) is 0 Å². The number of carbonyl (C=O) groups is 12. The second-order valence-corrected chi connectivity index (χ2v) is 22.6. The highest BCUT2D eigenvalue weighted by molar-refractivity contribution is 8.76. The van der Waals surface area contributed by atoms with Crippen LogP contribution < -0.4 is 70.6 Å². The lowest BCUT2D eigenvalue weighted by atomic mass is 10.0. The Labute approximate surface area is 489 Å². The van der Waals surface area contributed by atoms with Crippen molar-refractivity contribution in [3.8, 4) is 5.75 Å². The van der Waals surface area contributed by atoms with Gasteiger partial charge >= 0.3 is 5.97 Å². The van der Waals surface area contributed by atoms with Crippen molar-refractivity contribution in [1.29, 1.82) is 0 Å². The van der Waals surface area contributed by atoms with Crippen molar-refractivity contribution in [2.24, 2.45) is 33.7 Å². The number of carbonyl (C=O) groups excluding carboxylic acids is 12. The molecule has 0 aromatic heterocycles. The number of primary amides is 3. The molecule has 0 saturated carbocycles. The van der Waals surface area contributed by atoms with Gasteiger partial charge in [0.25, 0.3) is 0 Å². The summed E-state index contributed by atoms with van der Waals surface area (Å²) in [6, 6.07) is 4.89. The number of rotatable bonds is 26. The first-order valence-corrected chi connectivity index (χ1v) is 30.0. The summed E-state index contributed by atoms with van der Waals surface area (Å²) in [6.07, 6.45) is 3.55. The SMILES string of the molecule is CCCCCCCC(=O)Oc1ccc(C[C@@H]2NC(=O)CCSSC[C@@H](C(=O)N3CCC[C@H]3C(=O)N[C@H](CCCN=C(N)N)C(=O)NCC(N)=O)NC(=O)[C@H](CC(N)=O)NC(=O)[C@H](CCC(N)=O)NC(=O)[C@H](Cc3ccccc3)NC2=O)cc1. The number of hydrogen-bond acceptors (Lipinski definition) is 16. The number of nitrogens with one attached hydrogen (secondary N) is 7. The zero-order chi connectivity index (χ0) is 60.8. The summed E-state index contributed by atoms with van der Waals surface area (Å²) in [6.45, 7) is 1.68. The number of esters is 1. The highest BCUT2D eigenvalue weighted by Crippen LogP contribution is 2.26. The van der Waals surface area contributed by atoms with Gasteiger partial charge in [0.05, 0.1) is 13.0 Å². The standard InChI is InChI=1S/C54H78N14O13S2/c1-2-3-4-5-9-16-46(73)81-34-19-17-33(18-20-34)28-37-49(76)65-38(27-32-12-7-6-8-13-32)50(77)63-36(21-22-42(55)69)48(75)66-39(29-43(56)70)51(78)67-40(31-83-82-26-23-45(72)62-37)53(80)68-25-11-15-41(68)52(79)64-35(14-10-24-60-54(58)59)47(74)61-30-44(57)71/h6-8,12-13,17-20,35-41H,2-5,9-11,14-16,21-31H2,1H3,(H2,55,69)(H2,56,70)(H2,57,71)(H,61,74)(H,62,72)(H,63,77)(H,64,79)(H,65,76)(H,66,75)(H,67,78)(H4,58,59,60)/t35-,36+,37+,38+,39+,40+,41+/m1/s1. The first kappa shape index (κ1) is 67.6. The van der Waals surface area contributed by atoms with Crippen molar-refractivity contribution >= 4 is 98.5 Å². The maximum atomic E-state index is 14.7. The number of aliphatic imine (C=N–C) groups is 1. The summed E-state index contributed by atoms with van der Waals surface area (Å²) in [5, 5.41) is 18.0. The Balaban J connectivity index is 1.67. The second-order valence-electron chi connectivity index (χ2n) is 20.0. The average Bonchev–Trinajstić information content (AvgIpc) is 4.18. The Hall–Kier alpha value is -7.95. The zero-order valence-electron chi connectivity index (χ0n) is 46.5. The molecule has 2 aromatic rings. The van der Waals surface area contributed by atoms with Crippen LogP contribution in [0.25, 0.3) is 0 Å². The number of unbranched alkanes of at least 4 members (excludes halogenated alkanes) is 4. The van der Waals surface area contributed by atoms with E-state index in [0.29, 0.717) is 24.0 Å². The van der Waals surface area contributed by atoms with E-state index >= 15 is 0 Å². The molecule has 7 atom stereocenters. The molecule has 2 aliphatic rings. The van der Waals surface area contributed by atoms with E-state index in [1.807, 2.05) is 0 Å². The van der Waals surface area contributed by atoms with E-state index in [-0.39, 0.29) is 81.3 Å². The number of nitrogens with two attached hydrogens (primary N) is 5. The number of likely N-dealkylation sites (tertiary alicyclic amines) is 1. The Morgan fingerprint density at radius 2 is 1.33 bits per heavy atom. The fourth-order valence-corrected chi connectivity index (χ4v) is 11.0. The highest BCUT2D eigenvalue weighted by atomic mass is 33.1. The predicted molar refractivity (Wildman–Crippen MR) is 310 cm³/mol. The van der Waals surface area contributed by atoms with Gasteiger partial charge in [-0.2, -0.15) is 0 Å². The van der Waals surface area contributed by atoms with Gasteiger partial charge in [-0.25, -0.2) is 0 Å². The van der Waals surface area contributed by atoms with Gasteiger partial charge < -0.3 is 75.5 Å². The number of ether oxygens (including phenoxy) is 1. The maximum Gasteiger partial charge on any atom is 0.311 e. The van der Waals surface area contributed by atoms with Crippen molar-refractivity contribution in [3.05, 3.63) is 65.7 Å². The van der Waals surface area contributed by atoms with E-state index in [2.05, 4.69) is 49.1 Å². The molecule has 17 N–H and O–H groups in total. The van der Waals surface area contributed by atoms with E-state index in [1.165, 1.54) is 4.90 Å². The van der Waals surface area contributed by atoms with Gasteiger partial charge in [0.15, 0.2) is 5.96 Å². The zero-order valence-corrected chi connectivity index (χ0v) is 48.1. The number of hydrogen-bond donors (Lipinski definition) is 12. The molecule has 0 spiro atoms. The van der Waals surface area contributed by atoms with Gasteiger partial charge in [-0.1, -0.05) is 96.7 Å². The van der Waals surface area contributed by atoms with Crippen molar-refractivity contribution in [3.63, 3.8) is 0 Å². The Kier molecular flexibility index (Phi) is 29.1. The van der Waals surface area contributed by atoms with Crippen LogP contribution in [0.4, 0.5) is 0 Å². The number of guanidine groups is 1. The summed E-state index contributed by atoms with van der Waals surface area (Å²) >= 11 is 0. The molecule has 2 aliphatic heterocycles. The van der Waals surface area contributed by atoms with E-state index in [9.17, 15) is 57.5 Å². The molecule has 29 heteroatoms. The van der Waals surface area contributed by atoms with Gasteiger partial charge in [0, 0.05) is 56.7 Å². The van der Waals surface area contributed by atoms with Gasteiger partial charge in [-0.15, -0.1) is 0 Å². The molecule has 0 aliphatic carbocycles. The third-order valence-electron chi connectivity index (χ3n) is 13.2. The van der Waals surface area contributed by atoms with Crippen LogP contribution in [-0.2, 0) is 70.4 Å². The molecule has 83 heavy (non-hydrogen) atoms. The molecule has 4 rings (SSSR count). The lowest BCUT2D eigenvalue weighted by Crippen LogP contribution is -2.61. The Bertz CT molecular complexity index is 2610. The first-order chi connectivity index (χ1) is 39.6. The van der Waals surface area contributed by atoms with Crippen molar-refractivity contribution in [1.82, 2.24) is 42.1 Å². The van der Waals surface area contributed by atoms with Crippen LogP contribution >= 0.6 is 21.6 Å². The molecule has 2 fully saturated rings. The molecule has 0 radical (unpaired) electrons. The lowest BCUT2D eigenvalue weighted by Gasteiger charge is -2.31. The van der Waals surface area contributed by atoms with Crippen molar-refractivity contribution in [2.45, 2.75) is 152 Å². The Morgan fingerprint density at radius 3 is 1.98 bits per heavy atom. The minimum Gasteiger partial charge on any atom is -0.427 e. The number of benzene rings is 2. The third kappa shape index (κ3) is 25.0. The van der Waals surface area contributed by atoms with Gasteiger partial charge in [0.2, 0.25) is 65.0 Å². The van der Waals surface area contributed by atoms with Crippen LogP contribution in [0.2, 0.25) is 0 Å². The maximum absolute atomic E-state index is 14.7. The van der Waals surface area contributed by atoms with Crippen LogP contribution in [0.1, 0.15) is 108 Å². The molecule has 11 amide bonds. The molecule has 0 bridgehead atoms. The van der Waals surface area contributed by atoms with Gasteiger partial charge in [-0.05, 0) is 61.8 Å². The average molecular weight is 1200 g/mol. The fourth-order valence-electron chi connectivity index (χ4n) is 8.90. The van der Waals surface area contributed by atoms with Crippen LogP contribution in [-0.4, -0.2) is 155 Å². The third-order valence-corrected chi connectivity index (χ3v) is 15.6. The number of amides is 11. The van der Waals surface area contributed by atoms with Crippen LogP contribution in [0.5, 0.6) is 5.75 Å². The molecule has 2 saturated heterocycles. The van der Waals surface area contributed by atoms with Crippen LogP contribution in [0.15, 0.2) is 59.6 Å². The minimum atomic E-state index is -1.78. The number of nitrogens with zero attached hydrogens (tertiary/aromatic N) is 2. The van der Waals surface area contributed by atoms with Crippen molar-refractivity contribution in [2.75, 3.05) is 31.1 Å². The van der Waals surface area contributed by atoms with E-state index in [4.69, 9.17) is 33.4 Å². The molecule has 2 heterocycles. The normalized spacial score (nSPS) is 20.6. The summed E-state index contributed by atoms with van der Waals surface area (Å²) in [5.41, 5.74) is 28.3. The quantitative estimate of drug-likeness (QED) is 0.0124. The molecule has 2 aromatic carbocycles. The minimum absolute atomic E-state index is 0.00757. The Morgan fingerprint density at radius 1 is 0.699 bits per heavy atom. The predicted octanol–water partition coefficient (Wildman–Crippen LogP) is -1.78. The van der Waals surface area contributed by atoms with Crippen molar-refractivity contribution < 1.29 is 62.3 Å². The largest absolute Gasteiger partial charge is 0.427 e. The highest BCUT2D eigenvalue weighted by Gasteiger charge is 2.40. The smallest absolute Gasteiger partial charge is 0.311 e. The van der Waals surface area contributed by atoms with E-state index in [1.54, 1.807) is 54.6 Å². The first-order valence-electron chi connectivity index (χ1n) is 27.5. The monoisotopic (exact) mass is 1190 g/mol. The molecule has 27 nitrogen and oxygen atoms in total. The van der Waals surface area contributed by atoms with Gasteiger partial charge in [0.1, 0.15) is 48.0 Å². The molecule has 0 unspecified atom stereocenters. The van der Waals surface area contributed by atoms with E-state index in [0.717, 1.165) is 47.3 Å². The summed E-state index contributed by atoms with van der Waals surface area (Å²) in [5.74, 6) is -9.92. The molecular weight excluding hydrogens is 1120 g/mol. The fraction of sp³-hybridized carbons (Fsp3) is 0.537. The topological polar surface area (TPSA) is 444 Å². The van der Waals surface area contributed by atoms with Gasteiger partial charge in [-0.3, -0.25) is 62.5 Å². The molecular formula is C54H78N14O13S2. The summed E-state index contributed by atoms with van der Waals surface area (Å²) < 4.78 is 5.54. The lowest BCUT2D eigenvalue weighted by molar-refractivity contribution is -0.142. The summed E-state index contributed by atoms with van der Waals surface area (Å²) in [4.78, 5) is 167. The van der Waals surface area contributed by atoms with Crippen LogP contribution in [0, 0.1) is 0 Å². The molecule has 454 valence electrons. The van der Waals surface area contributed by atoms with E-state index < -0.39 is 139 Å². The summed E-state index contributed by atoms with van der Waals surface area (Å²) in [7, 11) is 2.19.